The fraction of sp³-hybridized carbons (Fsp3) is 0.447. The van der Waals surface area contributed by atoms with Crippen molar-refractivity contribution in [1.82, 2.24) is 25.1 Å². The largest absolute Gasteiger partial charge is 0.341 e. The number of piperidine rings is 2. The molecule has 330 valence electrons. The number of carbonyl (C=O) groups is 4. The normalized spacial score (nSPS) is 20.0. The summed E-state index contributed by atoms with van der Waals surface area (Å²) in [5.41, 5.74) is 5.65. The highest BCUT2D eigenvalue weighted by Gasteiger charge is 2.40. The molecule has 5 aliphatic rings. The van der Waals surface area contributed by atoms with Crippen LogP contribution in [0.15, 0.2) is 60.8 Å². The van der Waals surface area contributed by atoms with Crippen LogP contribution in [0, 0.1) is 18.3 Å². The molecule has 1 spiro atoms. The molecule has 3 aromatic carbocycles. The van der Waals surface area contributed by atoms with Crippen LogP contribution in [0.1, 0.15) is 95.5 Å². The molecule has 4 aliphatic heterocycles. The Hall–Kier alpha value is -4.95. The number of amides is 5. The van der Waals surface area contributed by atoms with E-state index in [1.165, 1.54) is 41.7 Å². The Kier molecular flexibility index (Phi) is 12.3. The van der Waals surface area contributed by atoms with E-state index in [1.54, 1.807) is 47.5 Å². The third kappa shape index (κ3) is 8.94. The summed E-state index contributed by atoms with van der Waals surface area (Å²) in [6, 6.07) is 16.2. The van der Waals surface area contributed by atoms with E-state index >= 15 is 0 Å². The molecule has 5 heterocycles. The number of nitrogens with zero attached hydrogens (tertiary/aromatic N) is 7. The summed E-state index contributed by atoms with van der Waals surface area (Å²) >= 11 is 19.4. The fourth-order valence-corrected chi connectivity index (χ4v) is 11.2. The smallest absolute Gasteiger partial charge is 0.328 e. The first-order chi connectivity index (χ1) is 30.3. The van der Waals surface area contributed by atoms with Crippen molar-refractivity contribution in [3.05, 3.63) is 98.1 Å². The van der Waals surface area contributed by atoms with Crippen LogP contribution in [-0.2, 0) is 4.79 Å². The number of imide groups is 1. The zero-order valence-electron chi connectivity index (χ0n) is 35.6. The van der Waals surface area contributed by atoms with Gasteiger partial charge < -0.3 is 20.0 Å². The second-order valence-corrected chi connectivity index (χ2v) is 19.2. The summed E-state index contributed by atoms with van der Waals surface area (Å²) in [6.45, 7) is 7.41. The van der Waals surface area contributed by atoms with E-state index in [0.29, 0.717) is 66.6 Å². The number of aryl methyl sites for hydroxylation is 1. The van der Waals surface area contributed by atoms with Crippen molar-refractivity contribution in [3.63, 3.8) is 0 Å². The molecule has 3 saturated heterocycles. The number of hydrogen-bond acceptors (Lipinski definition) is 9. The van der Waals surface area contributed by atoms with Crippen LogP contribution in [0.3, 0.4) is 0 Å². The molecule has 2 N–H and O–H groups in total. The van der Waals surface area contributed by atoms with Gasteiger partial charge in [-0.25, -0.2) is 9.78 Å². The van der Waals surface area contributed by atoms with Gasteiger partial charge in [0.05, 0.1) is 33.1 Å². The highest BCUT2D eigenvalue weighted by Crippen LogP contribution is 2.47. The Morgan fingerprint density at radius 2 is 1.59 bits per heavy atom. The maximum atomic E-state index is 13.6. The van der Waals surface area contributed by atoms with Crippen LogP contribution in [0.5, 0.6) is 0 Å². The lowest BCUT2D eigenvalue weighted by atomic mass is 9.65. The number of urea groups is 1. The third-order valence-electron chi connectivity index (χ3n) is 14.1. The lowest BCUT2D eigenvalue weighted by molar-refractivity contribution is -0.120. The van der Waals surface area contributed by atoms with Crippen molar-refractivity contribution in [2.75, 3.05) is 73.0 Å². The molecule has 1 aliphatic carbocycles. The molecule has 1 saturated carbocycles. The van der Waals surface area contributed by atoms with Crippen molar-refractivity contribution in [2.24, 2.45) is 11.3 Å². The summed E-state index contributed by atoms with van der Waals surface area (Å²) in [7, 11) is 1.88. The van der Waals surface area contributed by atoms with Gasteiger partial charge in [0, 0.05) is 57.1 Å². The lowest BCUT2D eigenvalue weighted by Gasteiger charge is -2.47. The molecular weight excluding hydrogens is 861 g/mol. The number of aromatic nitrogens is 2. The van der Waals surface area contributed by atoms with Gasteiger partial charge in [-0.3, -0.25) is 29.5 Å². The second kappa shape index (κ2) is 17.9. The molecule has 0 atom stereocenters. The standard InChI is InChI=1S/C47H52Cl3N9O4/c1-29-6-8-33(52-45-51-26-35-42(54-45)55(2)28-59(44(35)62)41-37(49)4-3-5-38(41)50)25-34(29)31-12-19-56(20-13-31)27-30-10-15-47(16-11-30)17-22-57(23-18-47)43(61)32-7-9-36(48)39(24-32)58-21-14-40(60)53-46(58)63/h3-9,24-26,30-31H,10-23,27-28H2,1-2H3,(H,51,52,54)(H,53,60,63). The Morgan fingerprint density at radius 1 is 0.857 bits per heavy atom. The van der Waals surface area contributed by atoms with Gasteiger partial charge >= 0.3 is 6.03 Å². The van der Waals surface area contributed by atoms with Crippen LogP contribution in [-0.4, -0.2) is 96.5 Å². The molecule has 13 nitrogen and oxygen atoms in total. The average Bonchev–Trinajstić information content (AvgIpc) is 3.27. The molecule has 9 rings (SSSR count). The summed E-state index contributed by atoms with van der Waals surface area (Å²) in [6.07, 6.45) is 10.9. The van der Waals surface area contributed by atoms with Crippen LogP contribution in [0.4, 0.5) is 33.6 Å². The number of likely N-dealkylation sites (tertiary alicyclic amines) is 2. The summed E-state index contributed by atoms with van der Waals surface area (Å²) in [5, 5.41) is 6.91. The third-order valence-corrected chi connectivity index (χ3v) is 15.0. The Morgan fingerprint density at radius 3 is 2.30 bits per heavy atom. The zero-order valence-corrected chi connectivity index (χ0v) is 37.9. The molecule has 1 aromatic heterocycles. The number of nitrogens with one attached hydrogen (secondary N) is 2. The molecule has 5 amide bonds. The van der Waals surface area contributed by atoms with Gasteiger partial charge in [0.1, 0.15) is 11.4 Å². The van der Waals surface area contributed by atoms with E-state index in [0.717, 1.165) is 64.1 Å². The molecule has 0 bridgehead atoms. The fourth-order valence-electron chi connectivity index (χ4n) is 10.3. The maximum Gasteiger partial charge on any atom is 0.328 e. The number of fused-ring (bicyclic) bond motifs is 1. The first kappa shape index (κ1) is 43.3. The SMILES string of the molecule is Cc1ccc(Nc2ncc3c(n2)N(C)CN(c2c(Cl)cccc2Cl)C3=O)cc1C1CCN(CC2CCC3(CC2)CCN(C(=O)c2ccc(Cl)c(N4CCC(=O)NC4=O)c2)CC3)CC1. The number of rotatable bonds is 8. The highest BCUT2D eigenvalue weighted by atomic mass is 35.5. The first-order valence-corrected chi connectivity index (χ1v) is 23.1. The molecule has 4 aromatic rings. The number of anilines is 5. The predicted molar refractivity (Wildman–Crippen MR) is 248 cm³/mol. The van der Waals surface area contributed by atoms with Gasteiger partial charge in [0.15, 0.2) is 0 Å². The maximum absolute atomic E-state index is 13.6. The van der Waals surface area contributed by atoms with E-state index in [-0.39, 0.29) is 37.4 Å². The van der Waals surface area contributed by atoms with Gasteiger partial charge in [-0.1, -0.05) is 46.9 Å². The van der Waals surface area contributed by atoms with Crippen LogP contribution < -0.4 is 25.3 Å². The Bertz CT molecular complexity index is 2420. The molecule has 0 radical (unpaired) electrons. The zero-order chi connectivity index (χ0) is 44.0. The van der Waals surface area contributed by atoms with Crippen molar-refractivity contribution >= 4 is 87.4 Å². The highest BCUT2D eigenvalue weighted by molar-refractivity contribution is 6.40. The van der Waals surface area contributed by atoms with Crippen LogP contribution in [0.2, 0.25) is 15.1 Å². The summed E-state index contributed by atoms with van der Waals surface area (Å²) in [4.78, 5) is 70.2. The monoisotopic (exact) mass is 911 g/mol. The van der Waals surface area contributed by atoms with Crippen LogP contribution >= 0.6 is 34.8 Å². The minimum atomic E-state index is -0.520. The van der Waals surface area contributed by atoms with E-state index in [2.05, 4.69) is 45.6 Å². The van der Waals surface area contributed by atoms with Crippen molar-refractivity contribution < 1.29 is 19.2 Å². The summed E-state index contributed by atoms with van der Waals surface area (Å²) in [5.74, 6) is 1.51. The van der Waals surface area contributed by atoms with Gasteiger partial charge in [0.25, 0.3) is 11.8 Å². The van der Waals surface area contributed by atoms with Gasteiger partial charge in [-0.15, -0.1) is 0 Å². The predicted octanol–water partition coefficient (Wildman–Crippen LogP) is 9.28. The second-order valence-electron chi connectivity index (χ2n) is 18.0. The first-order valence-electron chi connectivity index (χ1n) is 22.0. The van der Waals surface area contributed by atoms with Crippen molar-refractivity contribution in [2.45, 2.75) is 70.6 Å². The number of hydrogen-bond donors (Lipinski definition) is 2. The molecule has 63 heavy (non-hydrogen) atoms. The Balaban J connectivity index is 0.748. The van der Waals surface area contributed by atoms with Crippen LogP contribution in [0.25, 0.3) is 0 Å². The minimum Gasteiger partial charge on any atom is -0.341 e. The Labute approximate surface area is 383 Å². The molecule has 16 heteroatoms. The number of carbonyl (C=O) groups excluding carboxylic acids is 4. The topological polar surface area (TPSA) is 134 Å². The van der Waals surface area contributed by atoms with Gasteiger partial charge in [-0.05, 0) is 142 Å². The number of halogens is 3. The quantitative estimate of drug-likeness (QED) is 0.178. The van der Waals surface area contributed by atoms with E-state index < -0.39 is 6.03 Å². The van der Waals surface area contributed by atoms with Crippen molar-refractivity contribution in [3.8, 4) is 0 Å². The van der Waals surface area contributed by atoms with Gasteiger partial charge in [0.2, 0.25) is 11.9 Å². The number of para-hydroxylation sites is 1. The average molecular weight is 913 g/mol. The van der Waals surface area contributed by atoms with Crippen molar-refractivity contribution in [1.29, 1.82) is 0 Å². The van der Waals surface area contributed by atoms with Gasteiger partial charge in [-0.2, -0.15) is 4.98 Å². The number of benzene rings is 3. The molecule has 4 fully saturated rings. The molecular formula is C47H52Cl3N9O4. The van der Waals surface area contributed by atoms with E-state index in [1.807, 2.05) is 16.8 Å². The summed E-state index contributed by atoms with van der Waals surface area (Å²) < 4.78 is 0. The molecule has 0 unspecified atom stereocenters. The van der Waals surface area contributed by atoms with E-state index in [4.69, 9.17) is 39.8 Å². The lowest BCUT2D eigenvalue weighted by Crippen LogP contribution is -2.49. The van der Waals surface area contributed by atoms with E-state index in [9.17, 15) is 19.2 Å². The minimum absolute atomic E-state index is 0.0451.